The summed E-state index contributed by atoms with van der Waals surface area (Å²) >= 11 is 5.83. The third-order valence-corrected chi connectivity index (χ3v) is 3.65. The first-order chi connectivity index (χ1) is 12.5. The lowest BCUT2D eigenvalue weighted by atomic mass is 10.0. The molecule has 0 aliphatic carbocycles. The fourth-order valence-electron chi connectivity index (χ4n) is 2.21. The highest BCUT2D eigenvalue weighted by molar-refractivity contribution is 6.30. The summed E-state index contributed by atoms with van der Waals surface area (Å²) in [5.41, 5.74) is 5.81. The van der Waals surface area contributed by atoms with Crippen molar-refractivity contribution in [3.05, 3.63) is 64.9 Å². The van der Waals surface area contributed by atoms with E-state index < -0.39 is 23.9 Å². The van der Waals surface area contributed by atoms with Crippen molar-refractivity contribution in [1.82, 2.24) is 5.32 Å². The van der Waals surface area contributed by atoms with Gasteiger partial charge >= 0.3 is 12.0 Å². The van der Waals surface area contributed by atoms with Crippen LogP contribution in [0.1, 0.15) is 18.0 Å². The molecule has 0 aromatic heterocycles. The molecule has 2 aromatic rings. The Morgan fingerprint density at radius 2 is 1.81 bits per heavy atom. The first kappa shape index (κ1) is 19.5. The summed E-state index contributed by atoms with van der Waals surface area (Å²) in [5.74, 6) is -0.971. The largest absolute Gasteiger partial charge is 0.487 e. The summed E-state index contributed by atoms with van der Waals surface area (Å²) in [6.07, 6.45) is -0.121. The number of amides is 2. The van der Waals surface area contributed by atoms with E-state index in [9.17, 15) is 14.0 Å². The van der Waals surface area contributed by atoms with Gasteiger partial charge in [0.2, 0.25) is 0 Å². The fraction of sp³-hybridized carbons (Fsp3) is 0.222. The number of rotatable bonds is 8. The van der Waals surface area contributed by atoms with Crippen LogP contribution in [0.3, 0.4) is 0 Å². The van der Waals surface area contributed by atoms with Crippen LogP contribution in [0.4, 0.5) is 9.18 Å². The number of nitrogens with two attached hydrogens (primary N) is 1. The van der Waals surface area contributed by atoms with Gasteiger partial charge in [-0.05, 0) is 29.8 Å². The van der Waals surface area contributed by atoms with E-state index in [2.05, 4.69) is 5.32 Å². The number of primary amides is 1. The Kier molecular flexibility index (Phi) is 7.23. The molecule has 0 spiro atoms. The van der Waals surface area contributed by atoms with Crippen molar-refractivity contribution in [2.45, 2.75) is 12.5 Å². The van der Waals surface area contributed by atoms with Gasteiger partial charge in [0.15, 0.2) is 11.6 Å². The van der Waals surface area contributed by atoms with E-state index in [0.717, 1.165) is 0 Å². The Labute approximate surface area is 155 Å². The lowest BCUT2D eigenvalue weighted by Gasteiger charge is -2.17. The minimum atomic E-state index is -0.763. The van der Waals surface area contributed by atoms with Gasteiger partial charge in [0, 0.05) is 5.02 Å². The van der Waals surface area contributed by atoms with Gasteiger partial charge in [0.25, 0.3) is 0 Å². The van der Waals surface area contributed by atoms with Crippen LogP contribution in [-0.2, 0) is 9.53 Å². The number of carbonyl (C=O) groups is 2. The summed E-state index contributed by atoms with van der Waals surface area (Å²) in [6, 6.07) is 11.2. The van der Waals surface area contributed by atoms with Crippen LogP contribution < -0.4 is 15.8 Å². The van der Waals surface area contributed by atoms with Crippen LogP contribution in [0.15, 0.2) is 48.5 Å². The number of halogens is 2. The first-order valence-corrected chi connectivity index (χ1v) is 8.18. The highest BCUT2D eigenvalue weighted by atomic mass is 35.5. The Morgan fingerprint density at radius 3 is 2.46 bits per heavy atom. The first-order valence-electron chi connectivity index (χ1n) is 7.80. The molecular formula is C18H18ClFN2O4. The maximum absolute atomic E-state index is 13.4. The number of ether oxygens (including phenoxy) is 2. The number of hydrogen-bond acceptors (Lipinski definition) is 4. The minimum absolute atomic E-state index is 0.00152. The normalized spacial score (nSPS) is 11.5. The Balaban J connectivity index is 1.84. The van der Waals surface area contributed by atoms with Gasteiger partial charge in [-0.25, -0.2) is 9.18 Å². The standard InChI is InChI=1S/C18H18ClFN2O4/c19-13-7-5-12(6-8-13)15(22-18(21)24)11-17(23)26-10-9-25-16-4-2-1-3-14(16)20/h1-8,15H,9-11H2,(H3,21,22,24)/t15-/m1/s1. The molecule has 3 N–H and O–H groups in total. The number of carbonyl (C=O) groups excluding carboxylic acids is 2. The van der Waals surface area contributed by atoms with E-state index in [1.165, 1.54) is 12.1 Å². The molecule has 0 aliphatic rings. The lowest BCUT2D eigenvalue weighted by Crippen LogP contribution is -2.34. The van der Waals surface area contributed by atoms with Crippen LogP contribution in [0, 0.1) is 5.82 Å². The summed E-state index contributed by atoms with van der Waals surface area (Å²) in [6.45, 7) is -0.0569. The van der Waals surface area contributed by atoms with Crippen LogP contribution in [0.2, 0.25) is 5.02 Å². The van der Waals surface area contributed by atoms with E-state index in [0.29, 0.717) is 10.6 Å². The van der Waals surface area contributed by atoms with Crippen molar-refractivity contribution < 1.29 is 23.5 Å². The van der Waals surface area contributed by atoms with Crippen molar-refractivity contribution >= 4 is 23.6 Å². The topological polar surface area (TPSA) is 90.7 Å². The second kappa shape index (κ2) is 9.62. The quantitative estimate of drug-likeness (QED) is 0.543. The summed E-state index contributed by atoms with van der Waals surface area (Å²) in [4.78, 5) is 23.1. The van der Waals surface area contributed by atoms with E-state index in [4.69, 9.17) is 26.8 Å². The second-order valence-electron chi connectivity index (χ2n) is 5.32. The maximum Gasteiger partial charge on any atom is 0.312 e. The molecule has 2 rings (SSSR count). The van der Waals surface area contributed by atoms with Crippen molar-refractivity contribution in [2.24, 2.45) is 5.73 Å². The maximum atomic E-state index is 13.4. The summed E-state index contributed by atoms with van der Waals surface area (Å²) in [7, 11) is 0. The molecule has 6 nitrogen and oxygen atoms in total. The zero-order valence-electron chi connectivity index (χ0n) is 13.8. The monoisotopic (exact) mass is 380 g/mol. The van der Waals surface area contributed by atoms with Crippen molar-refractivity contribution in [1.29, 1.82) is 0 Å². The summed E-state index contributed by atoms with van der Waals surface area (Å²) < 4.78 is 23.6. The van der Waals surface area contributed by atoms with Crippen LogP contribution in [-0.4, -0.2) is 25.2 Å². The van der Waals surface area contributed by atoms with Crippen LogP contribution in [0.5, 0.6) is 5.75 Å². The molecule has 0 bridgehead atoms. The zero-order chi connectivity index (χ0) is 18.9. The van der Waals surface area contributed by atoms with Gasteiger partial charge in [-0.3, -0.25) is 4.79 Å². The van der Waals surface area contributed by atoms with Gasteiger partial charge < -0.3 is 20.5 Å². The highest BCUT2D eigenvalue weighted by Gasteiger charge is 2.18. The SMILES string of the molecule is NC(=O)N[C@H](CC(=O)OCCOc1ccccc1F)c1ccc(Cl)cc1. The van der Waals surface area contributed by atoms with Gasteiger partial charge in [0.1, 0.15) is 13.2 Å². The van der Waals surface area contributed by atoms with Crippen molar-refractivity contribution in [2.75, 3.05) is 13.2 Å². The molecule has 0 heterocycles. The third kappa shape index (κ3) is 6.25. The van der Waals surface area contributed by atoms with Gasteiger partial charge in [-0.15, -0.1) is 0 Å². The molecule has 8 heteroatoms. The van der Waals surface area contributed by atoms with Gasteiger partial charge in [-0.2, -0.15) is 0 Å². The van der Waals surface area contributed by atoms with E-state index in [1.54, 1.807) is 36.4 Å². The Morgan fingerprint density at radius 1 is 1.12 bits per heavy atom. The average Bonchev–Trinajstić information content (AvgIpc) is 2.60. The van der Waals surface area contributed by atoms with Gasteiger partial charge in [-0.1, -0.05) is 35.9 Å². The third-order valence-electron chi connectivity index (χ3n) is 3.40. The number of para-hydroxylation sites is 1. The molecule has 138 valence electrons. The molecule has 0 aliphatic heterocycles. The van der Waals surface area contributed by atoms with E-state index >= 15 is 0 Å². The average molecular weight is 381 g/mol. The molecule has 26 heavy (non-hydrogen) atoms. The number of esters is 1. The smallest absolute Gasteiger partial charge is 0.312 e. The zero-order valence-corrected chi connectivity index (χ0v) is 14.5. The van der Waals surface area contributed by atoms with Crippen LogP contribution in [0.25, 0.3) is 0 Å². The molecular weight excluding hydrogens is 363 g/mol. The summed E-state index contributed by atoms with van der Waals surface area (Å²) in [5, 5.41) is 3.01. The molecule has 0 saturated heterocycles. The fourth-order valence-corrected chi connectivity index (χ4v) is 2.34. The predicted octanol–water partition coefficient (Wildman–Crippen LogP) is 3.20. The van der Waals surface area contributed by atoms with E-state index in [1.807, 2.05) is 0 Å². The highest BCUT2D eigenvalue weighted by Crippen LogP contribution is 2.20. The number of nitrogens with one attached hydrogen (secondary N) is 1. The number of urea groups is 1. The van der Waals surface area contributed by atoms with E-state index in [-0.39, 0.29) is 25.4 Å². The molecule has 2 amide bonds. The number of benzene rings is 2. The molecule has 0 radical (unpaired) electrons. The molecule has 0 unspecified atom stereocenters. The predicted molar refractivity (Wildman–Crippen MR) is 94.4 cm³/mol. The lowest BCUT2D eigenvalue weighted by molar-refractivity contribution is -0.144. The second-order valence-corrected chi connectivity index (χ2v) is 5.75. The van der Waals surface area contributed by atoms with Gasteiger partial charge in [0.05, 0.1) is 12.5 Å². The molecule has 1 atom stereocenters. The Hall–Kier alpha value is -2.80. The minimum Gasteiger partial charge on any atom is -0.487 e. The molecule has 0 fully saturated rings. The molecule has 0 saturated carbocycles. The Bertz CT molecular complexity index is 755. The van der Waals surface area contributed by atoms with Crippen molar-refractivity contribution in [3.63, 3.8) is 0 Å². The number of hydrogen-bond donors (Lipinski definition) is 2. The van der Waals surface area contributed by atoms with Crippen molar-refractivity contribution in [3.8, 4) is 5.75 Å². The van der Waals surface area contributed by atoms with Crippen LogP contribution >= 0.6 is 11.6 Å². The molecule has 2 aromatic carbocycles.